The second-order valence-corrected chi connectivity index (χ2v) is 5.21. The average Bonchev–Trinajstić information content (AvgIpc) is 2.82. The summed E-state index contributed by atoms with van der Waals surface area (Å²) >= 11 is 3.41. The van der Waals surface area contributed by atoms with Crippen molar-refractivity contribution in [3.63, 3.8) is 0 Å². The van der Waals surface area contributed by atoms with Crippen molar-refractivity contribution in [2.45, 2.75) is 12.0 Å². The Balaban J connectivity index is 2.13. The van der Waals surface area contributed by atoms with Gasteiger partial charge in [-0.25, -0.2) is 9.78 Å². The Morgan fingerprint density at radius 2 is 2.05 bits per heavy atom. The van der Waals surface area contributed by atoms with E-state index in [1.807, 2.05) is 6.07 Å². The molecule has 0 spiro atoms. The van der Waals surface area contributed by atoms with Crippen LogP contribution in [0, 0.1) is 0 Å². The first-order valence-corrected chi connectivity index (χ1v) is 6.54. The number of nitrogens with zero attached hydrogens (tertiary/aromatic N) is 1. The molecule has 1 aromatic heterocycles. The lowest BCUT2D eigenvalue weighted by atomic mass is 9.89. The van der Waals surface area contributed by atoms with E-state index in [0.29, 0.717) is 11.4 Å². The summed E-state index contributed by atoms with van der Waals surface area (Å²) in [5.74, 6) is -0.635. The fourth-order valence-corrected chi connectivity index (χ4v) is 2.69. The quantitative estimate of drug-likeness (QED) is 0.924. The second-order valence-electron chi connectivity index (χ2n) is 4.35. The number of aliphatic carboxylic acids is 1. The average molecular weight is 320 g/mol. The van der Waals surface area contributed by atoms with Crippen LogP contribution in [-0.4, -0.2) is 16.1 Å². The number of halogens is 1. The molecule has 96 valence electrons. The normalized spacial score (nSPS) is 20.7. The van der Waals surface area contributed by atoms with Crippen LogP contribution in [0.4, 0.5) is 0 Å². The first kappa shape index (κ1) is 12.2. The molecule has 1 unspecified atom stereocenters. The third kappa shape index (κ3) is 1.81. The van der Waals surface area contributed by atoms with Crippen molar-refractivity contribution >= 4 is 21.9 Å². The summed E-state index contributed by atoms with van der Waals surface area (Å²) < 4.78 is 6.50. The van der Waals surface area contributed by atoms with Crippen LogP contribution in [0.3, 0.4) is 0 Å². The van der Waals surface area contributed by atoms with Crippen molar-refractivity contribution in [3.05, 3.63) is 58.2 Å². The highest BCUT2D eigenvalue weighted by Gasteiger charge is 2.49. The summed E-state index contributed by atoms with van der Waals surface area (Å²) in [4.78, 5) is 15.8. The number of carboxylic acid groups (broad SMARTS) is 1. The van der Waals surface area contributed by atoms with E-state index in [4.69, 9.17) is 4.74 Å². The number of carbonyl (C=O) groups is 1. The molecule has 1 atom stereocenters. The molecule has 0 saturated heterocycles. The molecule has 0 saturated carbocycles. The topological polar surface area (TPSA) is 59.4 Å². The van der Waals surface area contributed by atoms with E-state index >= 15 is 0 Å². The molecule has 0 bridgehead atoms. The number of carboxylic acids is 1. The smallest absolute Gasteiger partial charge is 0.353 e. The Hall–Kier alpha value is -1.88. The largest absolute Gasteiger partial charge is 0.478 e. The number of ether oxygens (including phenoxy) is 1. The van der Waals surface area contributed by atoms with Gasteiger partial charge in [0.05, 0.1) is 0 Å². The van der Waals surface area contributed by atoms with Crippen LogP contribution in [0.1, 0.15) is 11.1 Å². The maximum atomic E-state index is 11.7. The summed E-state index contributed by atoms with van der Waals surface area (Å²) in [6, 6.07) is 10.7. The molecule has 1 N–H and O–H groups in total. The van der Waals surface area contributed by atoms with Crippen molar-refractivity contribution in [3.8, 4) is 5.88 Å². The number of hydrogen-bond acceptors (Lipinski definition) is 3. The maximum absolute atomic E-state index is 11.7. The van der Waals surface area contributed by atoms with E-state index < -0.39 is 11.6 Å². The van der Waals surface area contributed by atoms with E-state index in [1.165, 1.54) is 0 Å². The summed E-state index contributed by atoms with van der Waals surface area (Å²) in [5, 5.41) is 9.61. The maximum Gasteiger partial charge on any atom is 0.353 e. The van der Waals surface area contributed by atoms with Crippen molar-refractivity contribution in [1.29, 1.82) is 0 Å². The molecule has 2 heterocycles. The Labute approximate surface area is 118 Å². The molecular formula is C14H10BrNO3. The van der Waals surface area contributed by atoms with Crippen LogP contribution in [0.2, 0.25) is 0 Å². The molecule has 19 heavy (non-hydrogen) atoms. The van der Waals surface area contributed by atoms with E-state index in [-0.39, 0.29) is 6.42 Å². The zero-order valence-corrected chi connectivity index (χ0v) is 11.4. The molecule has 5 heteroatoms. The predicted molar refractivity (Wildman–Crippen MR) is 72.0 cm³/mol. The van der Waals surface area contributed by atoms with Gasteiger partial charge < -0.3 is 9.84 Å². The lowest BCUT2D eigenvalue weighted by Crippen LogP contribution is -2.40. The van der Waals surface area contributed by atoms with Gasteiger partial charge in [0.25, 0.3) is 0 Å². The van der Waals surface area contributed by atoms with Crippen LogP contribution in [-0.2, 0) is 16.8 Å². The van der Waals surface area contributed by atoms with E-state index in [9.17, 15) is 9.90 Å². The third-order valence-electron chi connectivity index (χ3n) is 3.24. The lowest BCUT2D eigenvalue weighted by Gasteiger charge is -2.23. The molecule has 1 aliphatic rings. The zero-order valence-electron chi connectivity index (χ0n) is 9.84. The van der Waals surface area contributed by atoms with Crippen LogP contribution in [0.5, 0.6) is 5.88 Å². The Morgan fingerprint density at radius 3 is 2.68 bits per heavy atom. The van der Waals surface area contributed by atoms with Crippen molar-refractivity contribution in [2.75, 3.05) is 0 Å². The van der Waals surface area contributed by atoms with Gasteiger partial charge in [0.1, 0.15) is 0 Å². The molecule has 0 fully saturated rings. The summed E-state index contributed by atoms with van der Waals surface area (Å²) in [6.45, 7) is 0. The van der Waals surface area contributed by atoms with Gasteiger partial charge in [0.2, 0.25) is 11.5 Å². The Morgan fingerprint density at radius 1 is 1.32 bits per heavy atom. The van der Waals surface area contributed by atoms with Crippen molar-refractivity contribution in [2.24, 2.45) is 0 Å². The lowest BCUT2D eigenvalue weighted by molar-refractivity contribution is -0.154. The van der Waals surface area contributed by atoms with Gasteiger partial charge in [-0.1, -0.05) is 46.3 Å². The number of fused-ring (bicyclic) bond motifs is 1. The van der Waals surface area contributed by atoms with Crippen molar-refractivity contribution in [1.82, 2.24) is 4.98 Å². The van der Waals surface area contributed by atoms with Crippen LogP contribution >= 0.6 is 15.9 Å². The van der Waals surface area contributed by atoms with Crippen LogP contribution in [0.25, 0.3) is 0 Å². The highest BCUT2D eigenvalue weighted by Crippen LogP contribution is 2.43. The number of rotatable bonds is 2. The fourth-order valence-electron chi connectivity index (χ4n) is 2.26. The van der Waals surface area contributed by atoms with E-state index in [0.717, 1.165) is 10.0 Å². The molecule has 0 radical (unpaired) electrons. The molecule has 4 nitrogen and oxygen atoms in total. The molecule has 2 aromatic rings. The summed E-state index contributed by atoms with van der Waals surface area (Å²) in [6.07, 6.45) is 1.85. The first-order chi connectivity index (χ1) is 9.13. The zero-order chi connectivity index (χ0) is 13.5. The molecule has 1 aromatic carbocycles. The second kappa shape index (κ2) is 4.35. The van der Waals surface area contributed by atoms with Crippen LogP contribution < -0.4 is 4.74 Å². The SMILES string of the molecule is O=C(O)C1(c2ccccc2)Cc2c(Br)ccnc2O1. The summed E-state index contributed by atoms with van der Waals surface area (Å²) in [7, 11) is 0. The molecule has 1 aliphatic heterocycles. The number of pyridine rings is 1. The van der Waals surface area contributed by atoms with Gasteiger partial charge in [0, 0.05) is 28.2 Å². The Kier molecular flexibility index (Phi) is 2.78. The fraction of sp³-hybridized carbons (Fsp3) is 0.143. The number of benzene rings is 1. The number of aromatic nitrogens is 1. The molecule has 3 rings (SSSR count). The van der Waals surface area contributed by atoms with Crippen LogP contribution in [0.15, 0.2) is 47.1 Å². The summed E-state index contributed by atoms with van der Waals surface area (Å²) in [5.41, 5.74) is 0.0154. The third-order valence-corrected chi connectivity index (χ3v) is 3.98. The van der Waals surface area contributed by atoms with E-state index in [2.05, 4.69) is 20.9 Å². The monoisotopic (exact) mass is 319 g/mol. The Bertz CT molecular complexity index is 644. The molecule has 0 aliphatic carbocycles. The molecular weight excluding hydrogens is 310 g/mol. The number of hydrogen-bond donors (Lipinski definition) is 1. The van der Waals surface area contributed by atoms with Gasteiger partial charge >= 0.3 is 5.97 Å². The van der Waals surface area contributed by atoms with Crippen molar-refractivity contribution < 1.29 is 14.6 Å². The highest BCUT2D eigenvalue weighted by molar-refractivity contribution is 9.10. The minimum Gasteiger partial charge on any atom is -0.478 e. The van der Waals surface area contributed by atoms with Gasteiger partial charge in [-0.3, -0.25) is 0 Å². The van der Waals surface area contributed by atoms with E-state index in [1.54, 1.807) is 36.5 Å². The highest BCUT2D eigenvalue weighted by atomic mass is 79.9. The predicted octanol–water partition coefficient (Wildman–Crippen LogP) is 2.76. The standard InChI is InChI=1S/C14H10BrNO3/c15-11-6-7-16-12-10(11)8-14(19-12,13(17)18)9-4-2-1-3-5-9/h1-7H,8H2,(H,17,18). The molecule has 0 amide bonds. The van der Waals surface area contributed by atoms with Gasteiger partial charge in [-0.05, 0) is 6.07 Å². The van der Waals surface area contributed by atoms with Gasteiger partial charge in [0.15, 0.2) is 0 Å². The minimum atomic E-state index is -1.39. The first-order valence-electron chi connectivity index (χ1n) is 5.75. The van der Waals surface area contributed by atoms with Gasteiger partial charge in [-0.2, -0.15) is 0 Å². The van der Waals surface area contributed by atoms with Gasteiger partial charge in [-0.15, -0.1) is 0 Å². The minimum absolute atomic E-state index is 0.260.